The Morgan fingerprint density at radius 3 is 2.85 bits per heavy atom. The molecule has 2 atom stereocenters. The Labute approximate surface area is 198 Å². The summed E-state index contributed by atoms with van der Waals surface area (Å²) in [6.45, 7) is 4.52. The van der Waals surface area contributed by atoms with Crippen molar-refractivity contribution in [2.75, 3.05) is 24.5 Å². The second-order valence-electron chi connectivity index (χ2n) is 9.51. The fourth-order valence-electron chi connectivity index (χ4n) is 5.39. The number of benzene rings is 1. The van der Waals surface area contributed by atoms with Crippen LogP contribution >= 0.6 is 0 Å². The zero-order valence-electron chi connectivity index (χ0n) is 19.4. The lowest BCUT2D eigenvalue weighted by Gasteiger charge is -2.34. The van der Waals surface area contributed by atoms with E-state index in [0.717, 1.165) is 72.3 Å². The van der Waals surface area contributed by atoms with E-state index in [1.54, 1.807) is 6.20 Å². The lowest BCUT2D eigenvalue weighted by Crippen LogP contribution is -2.39. The first-order valence-electron chi connectivity index (χ1n) is 12.1. The van der Waals surface area contributed by atoms with Crippen LogP contribution in [0.2, 0.25) is 0 Å². The third kappa shape index (κ3) is 3.58. The normalized spacial score (nSPS) is 21.0. The van der Waals surface area contributed by atoms with Crippen LogP contribution in [0.5, 0.6) is 0 Å². The van der Waals surface area contributed by atoms with Crippen molar-refractivity contribution in [3.8, 4) is 0 Å². The average molecular weight is 456 g/mol. The minimum Gasteiger partial charge on any atom is -0.355 e. The van der Waals surface area contributed by atoms with Gasteiger partial charge in [-0.15, -0.1) is 0 Å². The molecule has 0 radical (unpaired) electrons. The van der Waals surface area contributed by atoms with E-state index in [0.29, 0.717) is 12.2 Å². The number of aromatic nitrogens is 4. The van der Waals surface area contributed by atoms with E-state index in [1.807, 2.05) is 52.0 Å². The Kier molecular flexibility index (Phi) is 5.17. The van der Waals surface area contributed by atoms with Gasteiger partial charge in [-0.25, -0.2) is 9.50 Å². The molecule has 8 nitrogen and oxygen atoms in total. The fraction of sp³-hybridized carbons (Fsp3) is 0.385. The van der Waals surface area contributed by atoms with E-state index in [1.165, 1.54) is 0 Å². The van der Waals surface area contributed by atoms with Gasteiger partial charge in [-0.05, 0) is 44.1 Å². The van der Waals surface area contributed by atoms with Crippen LogP contribution in [0.3, 0.4) is 0 Å². The second-order valence-corrected chi connectivity index (χ2v) is 9.51. The molecule has 2 fully saturated rings. The van der Waals surface area contributed by atoms with Gasteiger partial charge in [0, 0.05) is 55.1 Å². The SMILES string of the molecule is Cc1cn2nc(C3CCCCN3C(=O)c3nccc4ccccc34)cc2nc1N1CCC(N)C1. The summed E-state index contributed by atoms with van der Waals surface area (Å²) >= 11 is 0. The second kappa shape index (κ2) is 8.36. The molecule has 2 aliphatic heterocycles. The quantitative estimate of drug-likeness (QED) is 0.508. The van der Waals surface area contributed by atoms with Crippen LogP contribution in [-0.2, 0) is 0 Å². The number of rotatable bonds is 3. The molecule has 0 saturated carbocycles. The number of likely N-dealkylation sites (tertiary alicyclic amines) is 1. The van der Waals surface area contributed by atoms with E-state index in [4.69, 9.17) is 15.8 Å². The molecule has 0 bridgehead atoms. The van der Waals surface area contributed by atoms with Gasteiger partial charge in [0.1, 0.15) is 11.5 Å². The molecule has 6 rings (SSSR count). The molecule has 2 aliphatic rings. The van der Waals surface area contributed by atoms with E-state index >= 15 is 0 Å². The highest BCUT2D eigenvalue weighted by molar-refractivity contribution is 6.05. The largest absolute Gasteiger partial charge is 0.355 e. The molecule has 174 valence electrons. The number of nitrogens with zero attached hydrogens (tertiary/aromatic N) is 6. The summed E-state index contributed by atoms with van der Waals surface area (Å²) in [5.41, 5.74) is 9.40. The monoisotopic (exact) mass is 455 g/mol. The van der Waals surface area contributed by atoms with Crippen LogP contribution in [0.25, 0.3) is 16.4 Å². The lowest BCUT2D eigenvalue weighted by atomic mass is 9.98. The third-order valence-corrected chi connectivity index (χ3v) is 7.13. The Bertz CT molecular complexity index is 1380. The van der Waals surface area contributed by atoms with Gasteiger partial charge in [-0.2, -0.15) is 5.10 Å². The lowest BCUT2D eigenvalue weighted by molar-refractivity contribution is 0.0602. The van der Waals surface area contributed by atoms with Crippen LogP contribution < -0.4 is 10.6 Å². The number of hydrogen-bond donors (Lipinski definition) is 1. The Morgan fingerprint density at radius 1 is 1.12 bits per heavy atom. The van der Waals surface area contributed by atoms with Gasteiger partial charge in [0.25, 0.3) is 5.91 Å². The van der Waals surface area contributed by atoms with Crippen molar-refractivity contribution in [2.45, 2.75) is 44.7 Å². The van der Waals surface area contributed by atoms with Crippen molar-refractivity contribution in [1.29, 1.82) is 0 Å². The van der Waals surface area contributed by atoms with Gasteiger partial charge < -0.3 is 15.5 Å². The van der Waals surface area contributed by atoms with Crippen molar-refractivity contribution in [1.82, 2.24) is 24.5 Å². The van der Waals surface area contributed by atoms with E-state index in [-0.39, 0.29) is 18.0 Å². The molecule has 34 heavy (non-hydrogen) atoms. The van der Waals surface area contributed by atoms with Gasteiger partial charge in [0.05, 0.1) is 11.7 Å². The zero-order valence-corrected chi connectivity index (χ0v) is 19.4. The number of fused-ring (bicyclic) bond motifs is 2. The average Bonchev–Trinajstić information content (AvgIpc) is 3.48. The van der Waals surface area contributed by atoms with Crippen LogP contribution in [0.15, 0.2) is 48.8 Å². The van der Waals surface area contributed by atoms with Gasteiger partial charge in [0.2, 0.25) is 0 Å². The van der Waals surface area contributed by atoms with Crippen LogP contribution in [-0.4, -0.2) is 56.1 Å². The van der Waals surface area contributed by atoms with Gasteiger partial charge in [0.15, 0.2) is 5.65 Å². The highest BCUT2D eigenvalue weighted by Crippen LogP contribution is 2.33. The maximum absolute atomic E-state index is 13.7. The number of anilines is 1. The standard InChI is InChI=1S/C26H29N7O/c1-17-15-33-23(29-25(17)31-13-10-19(27)16-31)14-21(30-33)22-8-4-5-12-32(22)26(34)24-20-7-3-2-6-18(20)9-11-28-24/h2-3,6-7,9,11,14-15,19,22H,4-5,8,10,12-13,16,27H2,1H3. The predicted molar refractivity (Wildman–Crippen MR) is 132 cm³/mol. The number of hydrogen-bond acceptors (Lipinski definition) is 6. The Morgan fingerprint density at radius 2 is 2.00 bits per heavy atom. The highest BCUT2D eigenvalue weighted by atomic mass is 16.2. The molecule has 4 aromatic rings. The van der Waals surface area contributed by atoms with Crippen LogP contribution in [0.1, 0.15) is 53.5 Å². The van der Waals surface area contributed by atoms with Crippen molar-refractivity contribution in [2.24, 2.45) is 5.73 Å². The van der Waals surface area contributed by atoms with Crippen molar-refractivity contribution >= 4 is 28.1 Å². The van der Waals surface area contributed by atoms with Gasteiger partial charge in [-0.3, -0.25) is 9.78 Å². The van der Waals surface area contributed by atoms with E-state index in [2.05, 4.69) is 16.8 Å². The number of aryl methyl sites for hydroxylation is 1. The summed E-state index contributed by atoms with van der Waals surface area (Å²) < 4.78 is 1.84. The highest BCUT2D eigenvalue weighted by Gasteiger charge is 2.32. The molecule has 0 spiro atoms. The van der Waals surface area contributed by atoms with Crippen LogP contribution in [0.4, 0.5) is 5.82 Å². The summed E-state index contributed by atoms with van der Waals surface area (Å²) in [5.74, 6) is 0.942. The van der Waals surface area contributed by atoms with Crippen molar-refractivity contribution in [3.05, 3.63) is 65.7 Å². The first-order valence-corrected chi connectivity index (χ1v) is 12.1. The number of amides is 1. The van der Waals surface area contributed by atoms with E-state index < -0.39 is 0 Å². The van der Waals surface area contributed by atoms with Gasteiger partial charge in [-0.1, -0.05) is 24.3 Å². The topological polar surface area (TPSA) is 92.6 Å². The minimum absolute atomic E-state index is 0.0329. The number of piperidine rings is 1. The van der Waals surface area contributed by atoms with Gasteiger partial charge >= 0.3 is 0 Å². The molecule has 2 N–H and O–H groups in total. The molecule has 0 aliphatic carbocycles. The zero-order chi connectivity index (χ0) is 23.2. The number of carbonyl (C=O) groups excluding carboxylic acids is 1. The molecule has 1 aromatic carbocycles. The molecular weight excluding hydrogens is 426 g/mol. The number of nitrogens with two attached hydrogens (primary N) is 1. The fourth-order valence-corrected chi connectivity index (χ4v) is 5.39. The first-order chi connectivity index (χ1) is 16.6. The maximum Gasteiger partial charge on any atom is 0.273 e. The first kappa shape index (κ1) is 21.0. The third-order valence-electron chi connectivity index (χ3n) is 7.13. The molecule has 1 amide bonds. The number of carbonyl (C=O) groups is 1. The molecular formula is C26H29N7O. The van der Waals surface area contributed by atoms with Crippen LogP contribution in [0, 0.1) is 6.92 Å². The Balaban J connectivity index is 1.35. The molecule has 8 heteroatoms. The summed E-state index contributed by atoms with van der Waals surface area (Å²) in [4.78, 5) is 27.3. The molecule has 3 aromatic heterocycles. The smallest absolute Gasteiger partial charge is 0.273 e. The minimum atomic E-state index is -0.0901. The summed E-state index contributed by atoms with van der Waals surface area (Å²) in [7, 11) is 0. The van der Waals surface area contributed by atoms with Crippen molar-refractivity contribution in [3.63, 3.8) is 0 Å². The van der Waals surface area contributed by atoms with E-state index in [9.17, 15) is 4.79 Å². The summed E-state index contributed by atoms with van der Waals surface area (Å²) in [6.07, 6.45) is 7.67. The number of pyridine rings is 1. The molecule has 2 unspecified atom stereocenters. The molecule has 2 saturated heterocycles. The summed E-state index contributed by atoms with van der Waals surface area (Å²) in [6, 6.07) is 12.0. The van der Waals surface area contributed by atoms with Crippen molar-refractivity contribution < 1.29 is 4.79 Å². The maximum atomic E-state index is 13.7. The predicted octanol–water partition coefficient (Wildman–Crippen LogP) is 3.49. The Hall–Kier alpha value is -3.52. The molecule has 5 heterocycles. The summed E-state index contributed by atoms with van der Waals surface area (Å²) in [5, 5.41) is 6.78.